The first-order chi connectivity index (χ1) is 9.69. The summed E-state index contributed by atoms with van der Waals surface area (Å²) in [5, 5.41) is 0. The number of hydrogen-bond donors (Lipinski definition) is 0. The molecule has 1 heterocycles. The first-order valence-electron chi connectivity index (χ1n) is 7.28. The van der Waals surface area contributed by atoms with Gasteiger partial charge in [-0.3, -0.25) is 0 Å². The van der Waals surface area contributed by atoms with Crippen LogP contribution in [0.3, 0.4) is 0 Å². The van der Waals surface area contributed by atoms with Gasteiger partial charge in [0.1, 0.15) is 5.82 Å². The molecule has 0 spiro atoms. The molecule has 0 saturated carbocycles. The number of para-hydroxylation sites is 2. The van der Waals surface area contributed by atoms with Crippen LogP contribution in [0.5, 0.6) is 0 Å². The molecule has 0 N–H and O–H groups in total. The quantitative estimate of drug-likeness (QED) is 0.720. The molecule has 110 valence electrons. The highest BCUT2D eigenvalue weighted by Crippen LogP contribution is 2.27. The molecular formula is C16H23ClN2O. The Labute approximate surface area is 125 Å². The van der Waals surface area contributed by atoms with Crippen LogP contribution in [0.1, 0.15) is 32.6 Å². The summed E-state index contributed by atoms with van der Waals surface area (Å²) in [4.78, 5) is 4.74. The highest BCUT2D eigenvalue weighted by Gasteiger charge is 2.21. The molecule has 1 aromatic heterocycles. The number of benzene rings is 1. The molecule has 0 radical (unpaired) electrons. The Balaban J connectivity index is 2.49. The van der Waals surface area contributed by atoms with Crippen LogP contribution in [-0.2, 0) is 11.2 Å². The maximum Gasteiger partial charge on any atom is 0.111 e. The molecule has 4 heteroatoms. The molecule has 0 saturated heterocycles. The third-order valence-electron chi connectivity index (χ3n) is 3.58. The van der Waals surface area contributed by atoms with Gasteiger partial charge in [0, 0.05) is 18.9 Å². The molecule has 0 amide bonds. The predicted octanol–water partition coefficient (Wildman–Crippen LogP) is 4.05. The SMILES string of the molecule is CCOCC(C(C)C)n1c(CCCl)nc2ccccc21. The van der Waals surface area contributed by atoms with Crippen LogP contribution in [0, 0.1) is 5.92 Å². The Kier molecular flexibility index (Phi) is 5.44. The van der Waals surface area contributed by atoms with Gasteiger partial charge in [-0.25, -0.2) is 4.98 Å². The minimum absolute atomic E-state index is 0.292. The van der Waals surface area contributed by atoms with Crippen LogP contribution < -0.4 is 0 Å². The summed E-state index contributed by atoms with van der Waals surface area (Å²) in [5.74, 6) is 2.12. The number of rotatable bonds is 7. The van der Waals surface area contributed by atoms with Crippen molar-refractivity contribution < 1.29 is 4.74 Å². The largest absolute Gasteiger partial charge is 0.380 e. The number of aromatic nitrogens is 2. The Hall–Kier alpha value is -1.06. The summed E-state index contributed by atoms with van der Waals surface area (Å²) >= 11 is 5.94. The maximum absolute atomic E-state index is 5.94. The van der Waals surface area contributed by atoms with Crippen molar-refractivity contribution in [2.45, 2.75) is 33.2 Å². The average molecular weight is 295 g/mol. The zero-order valence-electron chi connectivity index (χ0n) is 12.5. The molecule has 0 aliphatic rings. The number of alkyl halides is 1. The Morgan fingerprint density at radius 1 is 1.30 bits per heavy atom. The normalized spacial score (nSPS) is 13.2. The lowest BCUT2D eigenvalue weighted by atomic mass is 10.0. The summed E-state index contributed by atoms with van der Waals surface area (Å²) < 4.78 is 8.00. The predicted molar refractivity (Wildman–Crippen MR) is 84.5 cm³/mol. The number of halogens is 1. The summed E-state index contributed by atoms with van der Waals surface area (Å²) in [6.45, 7) is 7.93. The van der Waals surface area contributed by atoms with Gasteiger partial charge in [0.2, 0.25) is 0 Å². The van der Waals surface area contributed by atoms with Gasteiger partial charge in [-0.2, -0.15) is 0 Å². The molecule has 1 aromatic carbocycles. The first-order valence-corrected chi connectivity index (χ1v) is 7.82. The lowest BCUT2D eigenvalue weighted by Crippen LogP contribution is -2.23. The van der Waals surface area contributed by atoms with E-state index in [1.807, 2.05) is 13.0 Å². The Morgan fingerprint density at radius 3 is 2.70 bits per heavy atom. The summed E-state index contributed by atoms with van der Waals surface area (Å²) in [5.41, 5.74) is 2.21. The molecule has 0 bridgehead atoms. The second kappa shape index (κ2) is 7.09. The van der Waals surface area contributed by atoms with Crippen molar-refractivity contribution in [2.75, 3.05) is 19.1 Å². The van der Waals surface area contributed by atoms with Crippen LogP contribution in [-0.4, -0.2) is 28.6 Å². The lowest BCUT2D eigenvalue weighted by Gasteiger charge is -2.25. The molecule has 2 rings (SSSR count). The van der Waals surface area contributed by atoms with E-state index in [0.29, 0.717) is 24.4 Å². The molecule has 0 aliphatic carbocycles. The minimum Gasteiger partial charge on any atom is -0.380 e. The summed E-state index contributed by atoms with van der Waals surface area (Å²) in [7, 11) is 0. The monoisotopic (exact) mass is 294 g/mol. The standard InChI is InChI=1S/C16H23ClN2O/c1-4-20-11-15(12(2)3)19-14-8-6-5-7-13(14)18-16(19)9-10-17/h5-8,12,15H,4,9-11H2,1-3H3. The van der Waals surface area contributed by atoms with Gasteiger partial charge in [-0.05, 0) is 25.0 Å². The van der Waals surface area contributed by atoms with Gasteiger partial charge in [0.25, 0.3) is 0 Å². The fraction of sp³-hybridized carbons (Fsp3) is 0.562. The third-order valence-corrected chi connectivity index (χ3v) is 3.77. The van der Waals surface area contributed by atoms with E-state index in [4.69, 9.17) is 21.3 Å². The average Bonchev–Trinajstić information content (AvgIpc) is 2.78. The number of fused-ring (bicyclic) bond motifs is 1. The van der Waals surface area contributed by atoms with Crippen LogP contribution in [0.4, 0.5) is 0 Å². The maximum atomic E-state index is 5.94. The van der Waals surface area contributed by atoms with Crippen molar-refractivity contribution >= 4 is 22.6 Å². The van der Waals surface area contributed by atoms with Crippen LogP contribution >= 0.6 is 11.6 Å². The van der Waals surface area contributed by atoms with Crippen LogP contribution in [0.2, 0.25) is 0 Å². The van der Waals surface area contributed by atoms with Gasteiger partial charge in [0.05, 0.1) is 23.7 Å². The molecule has 0 fully saturated rings. The van der Waals surface area contributed by atoms with E-state index in [0.717, 1.165) is 24.4 Å². The smallest absolute Gasteiger partial charge is 0.111 e. The van der Waals surface area contributed by atoms with Crippen molar-refractivity contribution in [1.82, 2.24) is 9.55 Å². The third kappa shape index (κ3) is 3.15. The highest BCUT2D eigenvalue weighted by molar-refractivity contribution is 6.17. The molecule has 1 unspecified atom stereocenters. The molecule has 1 atom stereocenters. The van der Waals surface area contributed by atoms with Crippen LogP contribution in [0.15, 0.2) is 24.3 Å². The fourth-order valence-electron chi connectivity index (χ4n) is 2.53. The van der Waals surface area contributed by atoms with Gasteiger partial charge in [-0.1, -0.05) is 26.0 Å². The van der Waals surface area contributed by atoms with Crippen molar-refractivity contribution in [2.24, 2.45) is 5.92 Å². The zero-order chi connectivity index (χ0) is 14.5. The molecule has 0 aliphatic heterocycles. The van der Waals surface area contributed by atoms with Crippen molar-refractivity contribution in [3.8, 4) is 0 Å². The van der Waals surface area contributed by atoms with Gasteiger partial charge < -0.3 is 9.30 Å². The zero-order valence-corrected chi connectivity index (χ0v) is 13.2. The van der Waals surface area contributed by atoms with E-state index < -0.39 is 0 Å². The lowest BCUT2D eigenvalue weighted by molar-refractivity contribution is 0.0969. The van der Waals surface area contributed by atoms with E-state index in [-0.39, 0.29) is 0 Å². The van der Waals surface area contributed by atoms with Crippen molar-refractivity contribution in [3.05, 3.63) is 30.1 Å². The number of aryl methyl sites for hydroxylation is 1. The summed E-state index contributed by atoms with van der Waals surface area (Å²) in [6.07, 6.45) is 0.783. The Morgan fingerprint density at radius 2 is 2.05 bits per heavy atom. The van der Waals surface area contributed by atoms with Crippen LogP contribution in [0.25, 0.3) is 11.0 Å². The van der Waals surface area contributed by atoms with Gasteiger partial charge in [-0.15, -0.1) is 11.6 Å². The topological polar surface area (TPSA) is 27.1 Å². The van der Waals surface area contributed by atoms with Gasteiger partial charge in [0.15, 0.2) is 0 Å². The van der Waals surface area contributed by atoms with Gasteiger partial charge >= 0.3 is 0 Å². The second-order valence-corrected chi connectivity index (χ2v) is 5.67. The number of hydrogen-bond acceptors (Lipinski definition) is 2. The number of ether oxygens (including phenoxy) is 1. The number of imidazole rings is 1. The number of nitrogens with zero attached hydrogens (tertiary/aromatic N) is 2. The van der Waals surface area contributed by atoms with Crippen molar-refractivity contribution in [1.29, 1.82) is 0 Å². The second-order valence-electron chi connectivity index (χ2n) is 5.30. The molecular weight excluding hydrogens is 272 g/mol. The van der Waals surface area contributed by atoms with E-state index in [9.17, 15) is 0 Å². The highest BCUT2D eigenvalue weighted by atomic mass is 35.5. The molecule has 3 nitrogen and oxygen atoms in total. The fourth-order valence-corrected chi connectivity index (χ4v) is 2.70. The van der Waals surface area contributed by atoms with E-state index in [1.165, 1.54) is 5.52 Å². The Bertz CT molecular complexity index is 550. The minimum atomic E-state index is 0.292. The first kappa shape index (κ1) is 15.3. The summed E-state index contributed by atoms with van der Waals surface area (Å²) in [6, 6.07) is 8.56. The van der Waals surface area contributed by atoms with E-state index >= 15 is 0 Å². The molecule has 20 heavy (non-hydrogen) atoms. The molecule has 2 aromatic rings. The van der Waals surface area contributed by atoms with Crippen molar-refractivity contribution in [3.63, 3.8) is 0 Å². The van der Waals surface area contributed by atoms with E-state index in [1.54, 1.807) is 0 Å². The van der Waals surface area contributed by atoms with E-state index in [2.05, 4.69) is 36.6 Å².